The van der Waals surface area contributed by atoms with E-state index in [-0.39, 0.29) is 93.2 Å². The summed E-state index contributed by atoms with van der Waals surface area (Å²) in [6.45, 7) is 25.2. The van der Waals surface area contributed by atoms with Gasteiger partial charge in [-0.1, -0.05) is 18.2 Å². The lowest BCUT2D eigenvalue weighted by Gasteiger charge is -2.27. The second-order valence-corrected chi connectivity index (χ2v) is 35.4. The van der Waals surface area contributed by atoms with Gasteiger partial charge in [0, 0.05) is 117 Å². The number of hydrogen-bond acceptors (Lipinski definition) is 25. The quantitative estimate of drug-likeness (QED) is 0.0230. The van der Waals surface area contributed by atoms with E-state index in [1.165, 1.54) is 35.0 Å². The summed E-state index contributed by atoms with van der Waals surface area (Å²) < 4.78 is 73.3. The molecule has 132 heavy (non-hydrogen) atoms. The highest BCUT2D eigenvalue weighted by Gasteiger charge is 2.43. The highest BCUT2D eigenvalue weighted by Crippen LogP contribution is 2.35. The van der Waals surface area contributed by atoms with Crippen LogP contribution in [0.15, 0.2) is 142 Å². The Morgan fingerprint density at radius 3 is 1.13 bits per heavy atom. The number of benzene rings is 3. The summed E-state index contributed by atoms with van der Waals surface area (Å²) in [6, 6.07) is 24.3. The zero-order valence-corrected chi connectivity index (χ0v) is 79.5. The molecular formula is C91H98Br3F4N21O13. The van der Waals surface area contributed by atoms with Gasteiger partial charge in [0.25, 0.3) is 0 Å². The van der Waals surface area contributed by atoms with Crippen LogP contribution in [0.3, 0.4) is 0 Å². The van der Waals surface area contributed by atoms with Gasteiger partial charge in [-0.25, -0.2) is 62.8 Å². The lowest BCUT2D eigenvalue weighted by Crippen LogP contribution is -2.45. The Balaban J connectivity index is 0.000000176. The Bertz CT molecular complexity index is 6340. The van der Waals surface area contributed by atoms with Gasteiger partial charge >= 0.3 is 18.0 Å². The lowest BCUT2D eigenvalue weighted by molar-refractivity contribution is -0.155. The Labute approximate surface area is 782 Å². The molecule has 9 aromatic heterocycles. The van der Waals surface area contributed by atoms with Crippen LogP contribution in [0.4, 0.5) is 39.8 Å². The van der Waals surface area contributed by atoms with Gasteiger partial charge in [-0.15, -0.1) is 0 Å². The number of hydrogen-bond donors (Lipinski definition) is 5. The second-order valence-electron chi connectivity index (χ2n) is 33.0. The highest BCUT2D eigenvalue weighted by molar-refractivity contribution is 9.11. The number of carboxylic acid groups (broad SMARTS) is 1. The molecule has 34 nitrogen and oxygen atoms in total. The number of rotatable bonds is 18. The van der Waals surface area contributed by atoms with E-state index in [0.29, 0.717) is 81.6 Å². The Hall–Kier alpha value is -13.0. The molecule has 0 saturated carbocycles. The topological polar surface area (TPSA) is 433 Å². The lowest BCUT2D eigenvalue weighted by atomic mass is 10.0. The van der Waals surface area contributed by atoms with Crippen molar-refractivity contribution in [1.82, 2.24) is 89.3 Å². The molecule has 694 valence electrons. The molecule has 5 N–H and O–H groups in total. The molecule has 0 bridgehead atoms. The van der Waals surface area contributed by atoms with Gasteiger partial charge in [-0.3, -0.25) is 66.5 Å². The molecule has 3 aromatic carbocycles. The average molecular weight is 2010 g/mol. The van der Waals surface area contributed by atoms with Gasteiger partial charge in [-0.05, 0) is 237 Å². The summed E-state index contributed by atoms with van der Waals surface area (Å²) in [5.41, 5.74) is 9.07. The number of esters is 1. The molecule has 0 aliphatic carbocycles. The number of Topliss-reactive ketones (excluding diaryl/α,β-unsaturated/α-hetero) is 3. The fraction of sp³-hybridized carbons (Fsp3) is 0.363. The number of ether oxygens (including phenoxy) is 2. The zero-order chi connectivity index (χ0) is 97.4. The van der Waals surface area contributed by atoms with Crippen molar-refractivity contribution in [3.8, 4) is 33.4 Å². The van der Waals surface area contributed by atoms with E-state index in [0.717, 1.165) is 60.5 Å². The number of carbonyl (C=O) groups excluding carboxylic acids is 9. The Morgan fingerprint density at radius 1 is 0.470 bits per heavy atom. The van der Waals surface area contributed by atoms with Gasteiger partial charge in [0.1, 0.15) is 127 Å². The summed E-state index contributed by atoms with van der Waals surface area (Å²) in [7, 11) is -1.00. The number of pyridine rings is 3. The fourth-order valence-corrected chi connectivity index (χ4v) is 15.5. The molecular weight excluding hydrogens is 1910 g/mol. The fourth-order valence-electron chi connectivity index (χ4n) is 14.5. The van der Waals surface area contributed by atoms with E-state index < -0.39 is 90.7 Å². The first-order valence-corrected chi connectivity index (χ1v) is 43.6. The molecule has 41 heteroatoms. The van der Waals surface area contributed by atoms with E-state index in [2.05, 4.69) is 129 Å². The highest BCUT2D eigenvalue weighted by atomic mass is 79.9. The van der Waals surface area contributed by atoms with Crippen molar-refractivity contribution in [2.45, 2.75) is 191 Å². The van der Waals surface area contributed by atoms with E-state index >= 15 is 0 Å². The van der Waals surface area contributed by atoms with Gasteiger partial charge in [0.15, 0.2) is 17.3 Å². The largest absolute Gasteiger partial charge is 0.480 e. The van der Waals surface area contributed by atoms with Crippen molar-refractivity contribution in [2.24, 2.45) is 0 Å². The Morgan fingerprint density at radius 2 is 0.803 bits per heavy atom. The van der Waals surface area contributed by atoms with Crippen LogP contribution >= 0.6 is 47.8 Å². The molecule has 3 saturated heterocycles. The number of aliphatic carboxylic acids is 1. The van der Waals surface area contributed by atoms with Gasteiger partial charge in [-0.2, -0.15) is 15.3 Å². The van der Waals surface area contributed by atoms with Crippen molar-refractivity contribution < 1.29 is 81.5 Å². The number of carboxylic acids is 1. The minimum Gasteiger partial charge on any atom is -0.480 e. The molecule has 3 aliphatic heterocycles. The van der Waals surface area contributed by atoms with Crippen LogP contribution in [0.25, 0.3) is 66.1 Å². The van der Waals surface area contributed by atoms with Crippen LogP contribution in [-0.2, 0) is 57.9 Å². The van der Waals surface area contributed by atoms with Crippen LogP contribution in [0.2, 0.25) is 0 Å². The number of alkyl halides is 4. The third kappa shape index (κ3) is 26.9. The number of aromatic nitrogens is 15. The predicted molar refractivity (Wildman–Crippen MR) is 495 cm³/mol. The molecule has 5 amide bonds. The molecule has 0 spiro atoms. The number of ketones is 3. The van der Waals surface area contributed by atoms with Crippen molar-refractivity contribution >= 4 is 157 Å². The molecule has 15 rings (SSSR count). The van der Waals surface area contributed by atoms with Crippen LogP contribution in [0.5, 0.6) is 0 Å². The van der Waals surface area contributed by atoms with Crippen molar-refractivity contribution in [2.75, 3.05) is 42.7 Å². The molecule has 6 atom stereocenters. The maximum Gasteiger partial charge on any atom is 0.411 e. The molecule has 0 radical (unpaired) electrons. The minimum atomic E-state index is -1.34. The third-order valence-electron chi connectivity index (χ3n) is 20.1. The first-order valence-electron chi connectivity index (χ1n) is 41.9. The number of nitrogens with one attached hydrogen (secondary N) is 4. The number of halogens is 7. The van der Waals surface area contributed by atoms with Crippen LogP contribution in [0, 0.1) is 41.5 Å². The summed E-state index contributed by atoms with van der Waals surface area (Å²) >= 11 is 9.66. The minimum absolute atomic E-state index is 0.0565. The van der Waals surface area contributed by atoms with Crippen molar-refractivity contribution in [3.05, 3.63) is 193 Å². The molecule has 0 unspecified atom stereocenters. The number of likely N-dealkylation sites (tertiary alicyclic amines) is 2. The number of nitrogens with zero attached hydrogens (tertiary/aromatic N) is 17. The summed E-state index contributed by atoms with van der Waals surface area (Å²) in [6.07, 6.45) is 6.17. The smallest absolute Gasteiger partial charge is 0.411 e. The first kappa shape index (κ1) is 99.6. The van der Waals surface area contributed by atoms with Gasteiger partial charge in [0.2, 0.25) is 23.6 Å². The van der Waals surface area contributed by atoms with E-state index in [9.17, 15) is 65.5 Å². The first-order chi connectivity index (χ1) is 62.7. The monoisotopic (exact) mass is 2010 g/mol. The van der Waals surface area contributed by atoms with Crippen molar-refractivity contribution in [3.63, 3.8) is 0 Å². The second kappa shape index (κ2) is 44.3. The molecule has 3 aliphatic rings. The maximum absolute atomic E-state index is 14.5. The third-order valence-corrected chi connectivity index (χ3v) is 21.4. The standard InChI is InChI=1S/C27H25BrFN7O3.C21H24N4O3.C17H16N4O3.C15H19BrFN3O3.C10H11BrFN3O.CH3F/c1-14-7-17(18-10-30-16(3)31-11-18)8-20-25(15(2)37)34-36(26(14)20)13-24(38)35-12-19(29)9-21(35)27(39)33-23-6-4-5-22(28)32-23;1-12-7-15(16-9-22-14(3)23-10-16)8-17-19(13(2)26)24-25(20(12)17)11-18(27)28-21(4,5)6;1-9-4-12(13-6-18-11(3)19-7-13)5-14-16(10(2)22)20-21(17(9)14)8-15(23)24;1-15(2,3)23-14(22)20-8-9(17)7-10(20)13(21)19-12-6-4-5-11(16)18-12;11-8-2-1-3-9(14-8)15-10(16)7-4-6(12)5-13-7;1-2/h4-8,10-11,19,21H,9,12-13H2,1-3H3,(H,32,33,39);7-10H,11H2,1-6H3;4-7H,8H2,1-3H3,(H,23,24);4-6,9-10H,7-8H2,1-3H3,(H,18,19,21);1-3,6-7,13H,4-5H2,(H,14,15,16);1H3/t19-,21+;;;9-,10+;6-,7+;/m1..11./s1/i;;;;;1D. The normalized spacial score (nSPS) is 16.3. The van der Waals surface area contributed by atoms with Crippen molar-refractivity contribution in [1.29, 1.82) is 0 Å². The van der Waals surface area contributed by atoms with E-state index in [1.807, 2.05) is 91.8 Å². The average Bonchev–Trinajstić information content (AvgIpc) is 1.63. The van der Waals surface area contributed by atoms with E-state index in [4.69, 9.17) is 16.0 Å². The number of carbonyl (C=O) groups is 10. The Kier molecular flexibility index (Phi) is 33.4. The summed E-state index contributed by atoms with van der Waals surface area (Å²) in [4.78, 5) is 163. The maximum atomic E-state index is 14.5. The van der Waals surface area contributed by atoms with Crippen LogP contribution in [-0.4, -0.2) is 223 Å². The van der Waals surface area contributed by atoms with E-state index in [1.54, 1.807) is 124 Å². The summed E-state index contributed by atoms with van der Waals surface area (Å²) in [5, 5.41) is 34.7. The SMILES string of the molecule is CC(=O)c1nn(CC(=O)N2C[C@H](F)C[C@H]2C(=O)Nc2cccc(Br)n2)c2c(C)cc(-c3cnc(C)nc3)cc12.CC(=O)c1nn(CC(=O)O)c2c(C)cc(-c3cnc(C)nc3)cc12.CC(=O)c1nn(CC(=O)OC(C)(C)C)c2c(C)cc(-c3cnc(C)nc3)cc12.CC(C)(C)OC(=O)N1C[C@H](F)C[C@H]1C(=O)Nc1cccc(Br)n1.O=C(Nc1cccc(Br)n1)[C@@H]1C[C@@H](F)CN1.[2H]CF. The van der Waals surface area contributed by atoms with Crippen LogP contribution < -0.4 is 21.3 Å². The number of fused-ring (bicyclic) bond motifs is 3. The van der Waals surface area contributed by atoms with Crippen LogP contribution in [0.1, 0.15) is 149 Å². The molecule has 12 aromatic rings. The predicted octanol–water partition coefficient (Wildman–Crippen LogP) is 15.3. The van der Waals surface area contributed by atoms with Gasteiger partial charge < -0.3 is 40.7 Å². The number of amides is 5. The molecule has 12 heterocycles. The zero-order valence-electron chi connectivity index (χ0n) is 75.8. The number of anilines is 3. The molecule has 3 fully saturated rings. The number of aryl methyl sites for hydroxylation is 6. The summed E-state index contributed by atoms with van der Waals surface area (Å²) in [5.74, 6) is -0.678. The van der Waals surface area contributed by atoms with Gasteiger partial charge in [0.05, 0.1) is 44.2 Å².